The molecule has 1 amide bonds. The average Bonchev–Trinajstić information content (AvgIpc) is 2.96. The first-order valence-electron chi connectivity index (χ1n) is 6.60. The maximum Gasteiger partial charge on any atom is 0.300 e. The van der Waals surface area contributed by atoms with E-state index in [1.54, 1.807) is 6.07 Å². The molecule has 0 unspecified atom stereocenters. The molecule has 0 radical (unpaired) electrons. The maximum absolute atomic E-state index is 12.2. The Balaban J connectivity index is 2.25. The third kappa shape index (κ3) is 3.43. The van der Waals surface area contributed by atoms with Gasteiger partial charge in [-0.1, -0.05) is 19.1 Å². The highest BCUT2D eigenvalue weighted by molar-refractivity contribution is 7.90. The molecule has 1 aromatic carbocycles. The third-order valence-electron chi connectivity index (χ3n) is 3.01. The summed E-state index contributed by atoms with van der Waals surface area (Å²) in [5.74, 6) is -0.612. The Morgan fingerprint density at radius 3 is 2.50 bits per heavy atom. The largest absolute Gasteiger partial charge is 0.456 e. The summed E-state index contributed by atoms with van der Waals surface area (Å²) in [5, 5.41) is 0. The fourth-order valence-electron chi connectivity index (χ4n) is 1.80. The Kier molecular flexibility index (Phi) is 4.46. The van der Waals surface area contributed by atoms with Crippen LogP contribution in [0.2, 0.25) is 0 Å². The molecule has 0 bridgehead atoms. The molecule has 0 saturated carbocycles. The second kappa shape index (κ2) is 6.15. The van der Waals surface area contributed by atoms with Gasteiger partial charge in [-0.15, -0.1) is 0 Å². The van der Waals surface area contributed by atoms with Crippen LogP contribution in [0.4, 0.5) is 0 Å². The van der Waals surface area contributed by atoms with Crippen LogP contribution in [-0.4, -0.2) is 20.1 Å². The summed E-state index contributed by atoms with van der Waals surface area (Å²) >= 11 is 0. The second-order valence-corrected chi connectivity index (χ2v) is 6.32. The number of hydrogen-bond acceptors (Lipinski definition) is 5. The summed E-state index contributed by atoms with van der Waals surface area (Å²) in [7, 11) is -4.07. The number of aryl methyl sites for hydroxylation is 1. The number of carbonyl (C=O) groups is 2. The van der Waals surface area contributed by atoms with Crippen LogP contribution < -0.4 is 4.72 Å². The van der Waals surface area contributed by atoms with Crippen molar-refractivity contribution in [2.75, 3.05) is 0 Å². The smallest absolute Gasteiger partial charge is 0.300 e. The molecule has 1 heterocycles. The fraction of sp³-hybridized carbons (Fsp3) is 0.200. The van der Waals surface area contributed by atoms with Crippen molar-refractivity contribution in [2.24, 2.45) is 0 Å². The minimum absolute atomic E-state index is 0.0804. The molecule has 22 heavy (non-hydrogen) atoms. The SMILES string of the molecule is CCc1ccc(C(=O)NS(=O)(=O)c2cccc(C(C)=O)c2)o1. The monoisotopic (exact) mass is 321 g/mol. The second-order valence-electron chi connectivity index (χ2n) is 4.64. The van der Waals surface area contributed by atoms with E-state index in [4.69, 9.17) is 4.42 Å². The highest BCUT2D eigenvalue weighted by atomic mass is 32.2. The molecule has 116 valence electrons. The van der Waals surface area contributed by atoms with Gasteiger partial charge < -0.3 is 4.42 Å². The lowest BCUT2D eigenvalue weighted by Gasteiger charge is -2.06. The van der Waals surface area contributed by atoms with Gasteiger partial charge in [-0.2, -0.15) is 0 Å². The van der Waals surface area contributed by atoms with Gasteiger partial charge in [-0.05, 0) is 31.2 Å². The van der Waals surface area contributed by atoms with Gasteiger partial charge in [-0.25, -0.2) is 13.1 Å². The number of furan rings is 1. The highest BCUT2D eigenvalue weighted by Gasteiger charge is 2.21. The third-order valence-corrected chi connectivity index (χ3v) is 4.34. The molecule has 1 aromatic heterocycles. The summed E-state index contributed by atoms with van der Waals surface area (Å²) in [6, 6.07) is 8.49. The first-order valence-corrected chi connectivity index (χ1v) is 8.08. The summed E-state index contributed by atoms with van der Waals surface area (Å²) in [4.78, 5) is 23.1. The first-order chi connectivity index (χ1) is 10.3. The van der Waals surface area contributed by atoms with Gasteiger partial charge >= 0.3 is 5.91 Å². The molecule has 1 N–H and O–H groups in total. The van der Waals surface area contributed by atoms with E-state index >= 15 is 0 Å². The molecule has 0 atom stereocenters. The van der Waals surface area contributed by atoms with Crippen LogP contribution in [0.5, 0.6) is 0 Å². The Morgan fingerprint density at radius 2 is 1.91 bits per heavy atom. The van der Waals surface area contributed by atoms with E-state index in [-0.39, 0.29) is 22.0 Å². The zero-order chi connectivity index (χ0) is 16.3. The van der Waals surface area contributed by atoms with Crippen molar-refractivity contribution in [3.8, 4) is 0 Å². The lowest BCUT2D eigenvalue weighted by atomic mass is 10.2. The predicted molar refractivity (Wildman–Crippen MR) is 79.2 cm³/mol. The molecule has 0 aliphatic carbocycles. The van der Waals surface area contributed by atoms with E-state index < -0.39 is 15.9 Å². The molecular weight excluding hydrogens is 306 g/mol. The Morgan fingerprint density at radius 1 is 1.18 bits per heavy atom. The van der Waals surface area contributed by atoms with Gasteiger partial charge in [0.1, 0.15) is 5.76 Å². The minimum atomic E-state index is -4.07. The molecular formula is C15H15NO5S. The number of Topliss-reactive ketones (excluding diaryl/α,β-unsaturated/α-hetero) is 1. The molecule has 0 spiro atoms. The Labute approximate surface area is 128 Å². The molecule has 2 aromatic rings. The fourth-order valence-corrected chi connectivity index (χ4v) is 2.81. The van der Waals surface area contributed by atoms with Gasteiger partial charge in [0.2, 0.25) is 0 Å². The number of hydrogen-bond donors (Lipinski definition) is 1. The number of sulfonamides is 1. The number of ketones is 1. The predicted octanol–water partition coefficient (Wildman–Crippen LogP) is 2.16. The lowest BCUT2D eigenvalue weighted by molar-refractivity contribution is 0.0952. The van der Waals surface area contributed by atoms with Crippen molar-refractivity contribution >= 4 is 21.7 Å². The molecule has 7 heteroatoms. The minimum Gasteiger partial charge on any atom is -0.456 e. The molecule has 6 nitrogen and oxygen atoms in total. The van der Waals surface area contributed by atoms with Gasteiger partial charge in [0.05, 0.1) is 4.90 Å². The van der Waals surface area contributed by atoms with Crippen LogP contribution in [0.25, 0.3) is 0 Å². The lowest BCUT2D eigenvalue weighted by Crippen LogP contribution is -2.30. The van der Waals surface area contributed by atoms with Gasteiger partial charge in [0.15, 0.2) is 11.5 Å². The molecule has 0 aliphatic heterocycles. The van der Waals surface area contributed by atoms with Crippen LogP contribution in [0.3, 0.4) is 0 Å². The van der Waals surface area contributed by atoms with Gasteiger partial charge in [0.25, 0.3) is 10.0 Å². The van der Waals surface area contributed by atoms with Crippen LogP contribution >= 0.6 is 0 Å². The summed E-state index contributed by atoms with van der Waals surface area (Å²) in [6.45, 7) is 3.18. The summed E-state index contributed by atoms with van der Waals surface area (Å²) in [6.07, 6.45) is 0.598. The standard InChI is InChI=1S/C15H15NO5S/c1-3-12-7-8-14(21-12)15(18)16-22(19,20)13-6-4-5-11(9-13)10(2)17/h4-9H,3H2,1-2H3,(H,16,18). The quantitative estimate of drug-likeness (QED) is 0.852. The Hall–Kier alpha value is -2.41. The number of carbonyl (C=O) groups excluding carboxylic acids is 2. The van der Waals surface area contributed by atoms with Crippen molar-refractivity contribution in [1.29, 1.82) is 0 Å². The van der Waals surface area contributed by atoms with Crippen molar-refractivity contribution in [3.05, 3.63) is 53.5 Å². The topological polar surface area (TPSA) is 93.5 Å². The number of benzene rings is 1. The van der Waals surface area contributed by atoms with Gasteiger partial charge in [0, 0.05) is 12.0 Å². The van der Waals surface area contributed by atoms with Crippen LogP contribution in [-0.2, 0) is 16.4 Å². The average molecular weight is 321 g/mol. The van der Waals surface area contributed by atoms with E-state index in [9.17, 15) is 18.0 Å². The number of rotatable bonds is 5. The van der Waals surface area contributed by atoms with E-state index in [0.717, 1.165) is 0 Å². The van der Waals surface area contributed by atoms with Crippen LogP contribution in [0, 0.1) is 0 Å². The van der Waals surface area contributed by atoms with Crippen molar-refractivity contribution < 1.29 is 22.4 Å². The maximum atomic E-state index is 12.2. The van der Waals surface area contributed by atoms with Crippen molar-refractivity contribution in [2.45, 2.75) is 25.2 Å². The van der Waals surface area contributed by atoms with E-state index in [1.807, 2.05) is 11.6 Å². The molecule has 2 rings (SSSR count). The molecule has 0 saturated heterocycles. The zero-order valence-electron chi connectivity index (χ0n) is 12.1. The summed E-state index contributed by atoms with van der Waals surface area (Å²) < 4.78 is 31.5. The number of nitrogens with one attached hydrogen (secondary N) is 1. The van der Waals surface area contributed by atoms with Crippen LogP contribution in [0.1, 0.15) is 40.5 Å². The normalized spacial score (nSPS) is 11.2. The summed E-state index contributed by atoms with van der Waals surface area (Å²) in [5.41, 5.74) is 0.251. The van der Waals surface area contributed by atoms with E-state index in [0.29, 0.717) is 12.2 Å². The van der Waals surface area contributed by atoms with E-state index in [2.05, 4.69) is 0 Å². The van der Waals surface area contributed by atoms with E-state index in [1.165, 1.54) is 37.3 Å². The number of amides is 1. The van der Waals surface area contributed by atoms with Gasteiger partial charge in [-0.3, -0.25) is 9.59 Å². The first kappa shape index (κ1) is 16.0. The van der Waals surface area contributed by atoms with Crippen molar-refractivity contribution in [3.63, 3.8) is 0 Å². The highest BCUT2D eigenvalue weighted by Crippen LogP contribution is 2.14. The van der Waals surface area contributed by atoms with Crippen molar-refractivity contribution in [1.82, 2.24) is 4.72 Å². The zero-order valence-corrected chi connectivity index (χ0v) is 12.9. The molecule has 0 aliphatic rings. The molecule has 0 fully saturated rings. The van der Waals surface area contributed by atoms with Crippen LogP contribution in [0.15, 0.2) is 45.7 Å². The Bertz CT molecular complexity index is 820.